The van der Waals surface area contributed by atoms with Crippen molar-refractivity contribution < 1.29 is 4.39 Å². The average molecular weight is 295 g/mol. The number of benzene rings is 2. The average Bonchev–Trinajstić information content (AvgIpc) is 3.02. The van der Waals surface area contributed by atoms with E-state index in [4.69, 9.17) is 0 Å². The van der Waals surface area contributed by atoms with Gasteiger partial charge < -0.3 is 4.90 Å². The van der Waals surface area contributed by atoms with E-state index in [0.29, 0.717) is 11.5 Å². The minimum absolute atomic E-state index is 0.294. The number of hydrogen-bond donors (Lipinski definition) is 0. The first-order valence-electron chi connectivity index (χ1n) is 6.74. The molecule has 110 valence electrons. The highest BCUT2D eigenvalue weighted by Gasteiger charge is 2.05. The number of aromatic nitrogens is 4. The lowest BCUT2D eigenvalue weighted by Gasteiger charge is -2.13. The summed E-state index contributed by atoms with van der Waals surface area (Å²) in [5.74, 6) is 0.270. The van der Waals surface area contributed by atoms with Crippen LogP contribution in [0.2, 0.25) is 0 Å². The van der Waals surface area contributed by atoms with Crippen molar-refractivity contribution in [2.24, 2.45) is 0 Å². The van der Waals surface area contributed by atoms with E-state index in [1.54, 1.807) is 22.9 Å². The maximum absolute atomic E-state index is 13.0. The van der Waals surface area contributed by atoms with E-state index in [-0.39, 0.29) is 5.82 Å². The van der Waals surface area contributed by atoms with Gasteiger partial charge in [0.25, 0.3) is 0 Å². The maximum Gasteiger partial charge on any atom is 0.181 e. The van der Waals surface area contributed by atoms with Crippen LogP contribution in [0.4, 0.5) is 10.1 Å². The zero-order chi connectivity index (χ0) is 15.4. The summed E-state index contributed by atoms with van der Waals surface area (Å²) in [6, 6.07) is 15.9. The molecule has 0 fully saturated rings. The molecule has 0 N–H and O–H groups in total. The van der Waals surface area contributed by atoms with E-state index in [1.807, 2.05) is 48.5 Å². The Labute approximate surface area is 127 Å². The Morgan fingerprint density at radius 3 is 2.50 bits per heavy atom. The van der Waals surface area contributed by atoms with Gasteiger partial charge in [-0.3, -0.25) is 0 Å². The van der Waals surface area contributed by atoms with Gasteiger partial charge in [0.15, 0.2) is 5.82 Å². The number of para-hydroxylation sites is 1. The smallest absolute Gasteiger partial charge is 0.181 e. The fourth-order valence-electron chi connectivity index (χ4n) is 1.99. The summed E-state index contributed by atoms with van der Waals surface area (Å²) in [7, 11) is 1.94. The lowest BCUT2D eigenvalue weighted by Crippen LogP contribution is -2.08. The van der Waals surface area contributed by atoms with Gasteiger partial charge in [-0.2, -0.15) is 4.68 Å². The Balaban J connectivity index is 1.83. The molecule has 3 rings (SSSR count). The highest BCUT2D eigenvalue weighted by Crippen LogP contribution is 2.13. The largest absolute Gasteiger partial charge is 0.351 e. The molecule has 0 unspecified atom stereocenters. The van der Waals surface area contributed by atoms with Crippen molar-refractivity contribution >= 4 is 11.8 Å². The highest BCUT2D eigenvalue weighted by atomic mass is 19.1. The van der Waals surface area contributed by atoms with Crippen LogP contribution < -0.4 is 4.90 Å². The van der Waals surface area contributed by atoms with Crippen LogP contribution in [-0.4, -0.2) is 27.3 Å². The van der Waals surface area contributed by atoms with Crippen LogP contribution in [-0.2, 0) is 0 Å². The van der Waals surface area contributed by atoms with E-state index in [2.05, 4.69) is 15.5 Å². The summed E-state index contributed by atoms with van der Waals surface area (Å²) < 4.78 is 14.5. The lowest BCUT2D eigenvalue weighted by atomic mass is 10.3. The predicted octanol–water partition coefficient (Wildman–Crippen LogP) is 2.91. The van der Waals surface area contributed by atoms with Crippen LogP contribution in [0.15, 0.2) is 60.8 Å². The summed E-state index contributed by atoms with van der Waals surface area (Å²) in [5.41, 5.74) is 1.76. The van der Waals surface area contributed by atoms with Crippen LogP contribution in [0, 0.1) is 5.82 Å². The first-order chi connectivity index (χ1) is 10.7. The van der Waals surface area contributed by atoms with Gasteiger partial charge in [-0.1, -0.05) is 18.2 Å². The standard InChI is InChI=1S/C16H14FN5/c1-21(14-5-3-2-4-6-14)12-11-16-18-19-20-22(16)15-9-7-13(17)8-10-15/h2-12H,1H3/b12-11+. The third kappa shape index (κ3) is 3.01. The third-order valence-corrected chi connectivity index (χ3v) is 3.18. The first-order valence-corrected chi connectivity index (χ1v) is 6.74. The van der Waals surface area contributed by atoms with Gasteiger partial charge in [0.1, 0.15) is 5.82 Å². The quantitative estimate of drug-likeness (QED) is 0.742. The maximum atomic E-state index is 13.0. The molecular weight excluding hydrogens is 281 g/mol. The van der Waals surface area contributed by atoms with Crippen molar-refractivity contribution in [2.45, 2.75) is 0 Å². The van der Waals surface area contributed by atoms with E-state index in [0.717, 1.165) is 5.69 Å². The van der Waals surface area contributed by atoms with Gasteiger partial charge in [0.2, 0.25) is 0 Å². The number of anilines is 1. The van der Waals surface area contributed by atoms with Crippen LogP contribution in [0.25, 0.3) is 11.8 Å². The number of hydrogen-bond acceptors (Lipinski definition) is 4. The van der Waals surface area contributed by atoms with Crippen LogP contribution >= 0.6 is 0 Å². The number of nitrogens with zero attached hydrogens (tertiary/aromatic N) is 5. The molecule has 0 aliphatic carbocycles. The summed E-state index contributed by atoms with van der Waals surface area (Å²) in [5, 5.41) is 11.6. The van der Waals surface area contributed by atoms with Gasteiger partial charge in [-0.25, -0.2) is 4.39 Å². The zero-order valence-corrected chi connectivity index (χ0v) is 12.0. The van der Waals surface area contributed by atoms with Crippen molar-refractivity contribution in [2.75, 3.05) is 11.9 Å². The molecular formula is C16H14FN5. The summed E-state index contributed by atoms with van der Waals surface area (Å²) in [6.07, 6.45) is 3.68. The molecule has 0 spiro atoms. The topological polar surface area (TPSA) is 46.8 Å². The molecule has 5 nitrogen and oxygen atoms in total. The van der Waals surface area contributed by atoms with Crippen molar-refractivity contribution in [1.29, 1.82) is 0 Å². The van der Waals surface area contributed by atoms with Crippen molar-refractivity contribution in [3.63, 3.8) is 0 Å². The number of tetrazole rings is 1. The monoisotopic (exact) mass is 295 g/mol. The third-order valence-electron chi connectivity index (χ3n) is 3.18. The van der Waals surface area contributed by atoms with Gasteiger partial charge >= 0.3 is 0 Å². The molecule has 1 heterocycles. The fraction of sp³-hybridized carbons (Fsp3) is 0.0625. The molecule has 1 aromatic heterocycles. The van der Waals surface area contributed by atoms with Gasteiger partial charge in [0, 0.05) is 25.0 Å². The van der Waals surface area contributed by atoms with Gasteiger partial charge in [-0.15, -0.1) is 5.10 Å². The van der Waals surface area contributed by atoms with Crippen LogP contribution in [0.1, 0.15) is 5.82 Å². The molecule has 0 radical (unpaired) electrons. The lowest BCUT2D eigenvalue weighted by molar-refractivity contribution is 0.626. The minimum atomic E-state index is -0.294. The second-order valence-electron chi connectivity index (χ2n) is 4.69. The van der Waals surface area contributed by atoms with E-state index in [1.165, 1.54) is 12.1 Å². The predicted molar refractivity (Wildman–Crippen MR) is 83.0 cm³/mol. The molecule has 0 saturated heterocycles. The molecule has 0 atom stereocenters. The second kappa shape index (κ2) is 6.17. The first kappa shape index (κ1) is 13.9. The van der Waals surface area contributed by atoms with Crippen molar-refractivity contribution in [1.82, 2.24) is 20.2 Å². The summed E-state index contributed by atoms with van der Waals surface area (Å²) in [6.45, 7) is 0. The van der Waals surface area contributed by atoms with E-state index in [9.17, 15) is 4.39 Å². The van der Waals surface area contributed by atoms with Crippen LogP contribution in [0.3, 0.4) is 0 Å². The van der Waals surface area contributed by atoms with Gasteiger partial charge in [-0.05, 0) is 46.8 Å². The molecule has 0 aliphatic rings. The Kier molecular flexibility index (Phi) is 3.91. The second-order valence-corrected chi connectivity index (χ2v) is 4.69. The Bertz CT molecular complexity index is 765. The molecule has 3 aromatic rings. The van der Waals surface area contributed by atoms with Crippen molar-refractivity contribution in [3.05, 3.63) is 72.4 Å². The molecule has 6 heteroatoms. The summed E-state index contributed by atoms with van der Waals surface area (Å²) >= 11 is 0. The molecule has 0 aliphatic heterocycles. The number of halogens is 1. The SMILES string of the molecule is CN(/C=C/c1nnnn1-c1ccc(F)cc1)c1ccccc1. The Hall–Kier alpha value is -3.02. The number of rotatable bonds is 4. The minimum Gasteiger partial charge on any atom is -0.351 e. The van der Waals surface area contributed by atoms with E-state index >= 15 is 0 Å². The Morgan fingerprint density at radius 1 is 1.05 bits per heavy atom. The fourth-order valence-corrected chi connectivity index (χ4v) is 1.99. The van der Waals surface area contributed by atoms with E-state index < -0.39 is 0 Å². The molecule has 22 heavy (non-hydrogen) atoms. The molecule has 0 saturated carbocycles. The van der Waals surface area contributed by atoms with Gasteiger partial charge in [0.05, 0.1) is 5.69 Å². The Morgan fingerprint density at radius 2 is 1.77 bits per heavy atom. The highest BCUT2D eigenvalue weighted by molar-refractivity contribution is 5.54. The molecule has 0 bridgehead atoms. The van der Waals surface area contributed by atoms with Crippen LogP contribution in [0.5, 0.6) is 0 Å². The normalized spacial score (nSPS) is 11.0. The molecule has 0 amide bonds. The summed E-state index contributed by atoms with van der Waals surface area (Å²) in [4.78, 5) is 1.96. The van der Waals surface area contributed by atoms with Crippen molar-refractivity contribution in [3.8, 4) is 5.69 Å². The zero-order valence-electron chi connectivity index (χ0n) is 12.0. The molecule has 2 aromatic carbocycles.